The van der Waals surface area contributed by atoms with E-state index in [0.717, 1.165) is 10.6 Å². The van der Waals surface area contributed by atoms with Gasteiger partial charge in [-0.15, -0.1) is 0 Å². The number of para-hydroxylation sites is 1. The summed E-state index contributed by atoms with van der Waals surface area (Å²) in [5.41, 5.74) is 0. The minimum Gasteiger partial charge on any atom is -0.497 e. The van der Waals surface area contributed by atoms with Crippen LogP contribution in [-0.2, 0) is 4.57 Å². The molecule has 0 spiro atoms. The molecule has 114 valence electrons. The predicted octanol–water partition coefficient (Wildman–Crippen LogP) is 3.44. The van der Waals surface area contributed by atoms with Crippen molar-refractivity contribution in [2.24, 2.45) is 0 Å². The van der Waals surface area contributed by atoms with Crippen molar-refractivity contribution < 1.29 is 14.0 Å². The van der Waals surface area contributed by atoms with E-state index in [2.05, 4.69) is 0 Å². The molecule has 0 saturated heterocycles. The SMILES string of the molecule is COc1ccc2c(c1)P(=O)(c1ccccc1)c1ccccc1O2. The van der Waals surface area contributed by atoms with E-state index in [9.17, 15) is 4.57 Å². The van der Waals surface area contributed by atoms with Gasteiger partial charge in [-0.2, -0.15) is 0 Å². The van der Waals surface area contributed by atoms with Gasteiger partial charge in [0.1, 0.15) is 17.2 Å². The minimum atomic E-state index is -2.99. The summed E-state index contributed by atoms with van der Waals surface area (Å²) < 4.78 is 25.5. The molecule has 0 fully saturated rings. The Labute approximate surface area is 134 Å². The Hall–Kier alpha value is -2.51. The highest BCUT2D eigenvalue weighted by atomic mass is 31.2. The van der Waals surface area contributed by atoms with Gasteiger partial charge in [0.05, 0.1) is 17.7 Å². The molecule has 4 heteroatoms. The van der Waals surface area contributed by atoms with Crippen LogP contribution in [0.3, 0.4) is 0 Å². The second-order valence-electron chi connectivity index (χ2n) is 5.35. The molecule has 3 aromatic rings. The number of rotatable bonds is 2. The molecule has 1 aliphatic rings. The second-order valence-corrected chi connectivity index (χ2v) is 8.05. The lowest BCUT2D eigenvalue weighted by Gasteiger charge is -2.29. The molecule has 0 aliphatic carbocycles. The van der Waals surface area contributed by atoms with Gasteiger partial charge in [-0.3, -0.25) is 0 Å². The van der Waals surface area contributed by atoms with Crippen LogP contribution >= 0.6 is 7.14 Å². The van der Waals surface area contributed by atoms with Gasteiger partial charge in [0.2, 0.25) is 0 Å². The molecular formula is C19H15O3P. The average Bonchev–Trinajstić information content (AvgIpc) is 2.62. The monoisotopic (exact) mass is 322 g/mol. The van der Waals surface area contributed by atoms with Crippen LogP contribution in [0, 0.1) is 0 Å². The van der Waals surface area contributed by atoms with Gasteiger partial charge >= 0.3 is 0 Å². The molecule has 0 N–H and O–H groups in total. The van der Waals surface area contributed by atoms with Crippen LogP contribution < -0.4 is 25.4 Å². The molecule has 3 aromatic carbocycles. The van der Waals surface area contributed by atoms with E-state index in [1.54, 1.807) is 7.11 Å². The predicted molar refractivity (Wildman–Crippen MR) is 92.5 cm³/mol. The number of ether oxygens (including phenoxy) is 2. The molecule has 0 amide bonds. The Balaban J connectivity index is 2.07. The molecule has 1 unspecified atom stereocenters. The molecule has 23 heavy (non-hydrogen) atoms. The Morgan fingerprint density at radius 1 is 0.826 bits per heavy atom. The van der Waals surface area contributed by atoms with Crippen molar-refractivity contribution in [3.8, 4) is 17.2 Å². The van der Waals surface area contributed by atoms with Gasteiger partial charge < -0.3 is 14.0 Å². The van der Waals surface area contributed by atoms with Crippen LogP contribution in [0.5, 0.6) is 17.2 Å². The first-order chi connectivity index (χ1) is 11.2. The lowest BCUT2D eigenvalue weighted by Crippen LogP contribution is -2.30. The van der Waals surface area contributed by atoms with Crippen molar-refractivity contribution in [1.29, 1.82) is 0 Å². The number of fused-ring (bicyclic) bond motifs is 2. The first kappa shape index (κ1) is 14.1. The van der Waals surface area contributed by atoms with Crippen molar-refractivity contribution in [2.75, 3.05) is 7.11 Å². The van der Waals surface area contributed by atoms with E-state index < -0.39 is 7.14 Å². The largest absolute Gasteiger partial charge is 0.497 e. The summed E-state index contributed by atoms with van der Waals surface area (Å²) in [7, 11) is -1.39. The molecule has 4 rings (SSSR count). The first-order valence-corrected chi connectivity index (χ1v) is 9.06. The van der Waals surface area contributed by atoms with E-state index in [1.807, 2.05) is 72.8 Å². The first-order valence-electron chi connectivity index (χ1n) is 7.35. The summed E-state index contributed by atoms with van der Waals surface area (Å²) in [4.78, 5) is 0. The Morgan fingerprint density at radius 2 is 1.52 bits per heavy atom. The molecule has 1 atom stereocenters. The second kappa shape index (κ2) is 5.29. The van der Waals surface area contributed by atoms with Crippen molar-refractivity contribution in [3.05, 3.63) is 72.8 Å². The van der Waals surface area contributed by atoms with Crippen LogP contribution in [0.2, 0.25) is 0 Å². The smallest absolute Gasteiger partial charge is 0.178 e. The van der Waals surface area contributed by atoms with E-state index in [-0.39, 0.29) is 0 Å². The summed E-state index contributed by atoms with van der Waals surface area (Å²) in [5.74, 6) is 1.94. The molecule has 0 saturated carbocycles. The molecule has 0 bridgehead atoms. The summed E-state index contributed by atoms with van der Waals surface area (Å²) >= 11 is 0. The lowest BCUT2D eigenvalue weighted by molar-refractivity contribution is 0.413. The standard InChI is InChI=1S/C19H15O3P/c1-21-14-11-12-17-19(13-14)23(20,15-7-3-2-4-8-15)18-10-6-5-9-16(18)22-17/h2-13H,1H3. The van der Waals surface area contributed by atoms with Crippen LogP contribution in [0.1, 0.15) is 0 Å². The van der Waals surface area contributed by atoms with Gasteiger partial charge in [0.25, 0.3) is 0 Å². The highest BCUT2D eigenvalue weighted by Gasteiger charge is 2.39. The summed E-state index contributed by atoms with van der Waals surface area (Å²) in [5, 5.41) is 2.21. The zero-order valence-corrected chi connectivity index (χ0v) is 13.5. The van der Waals surface area contributed by atoms with Crippen LogP contribution in [-0.4, -0.2) is 7.11 Å². The van der Waals surface area contributed by atoms with E-state index in [4.69, 9.17) is 9.47 Å². The number of hydrogen-bond donors (Lipinski definition) is 0. The molecule has 3 nitrogen and oxygen atoms in total. The quantitative estimate of drug-likeness (QED) is 0.530. The van der Waals surface area contributed by atoms with Crippen molar-refractivity contribution in [3.63, 3.8) is 0 Å². The Bertz CT molecular complexity index is 919. The van der Waals surface area contributed by atoms with Crippen LogP contribution in [0.4, 0.5) is 0 Å². The fraction of sp³-hybridized carbons (Fsp3) is 0.0526. The molecule has 1 heterocycles. The normalized spacial score (nSPS) is 18.5. The van der Waals surface area contributed by atoms with Gasteiger partial charge in [-0.05, 0) is 30.3 Å². The average molecular weight is 322 g/mol. The fourth-order valence-electron chi connectivity index (χ4n) is 2.92. The van der Waals surface area contributed by atoms with Gasteiger partial charge in [-0.1, -0.05) is 42.5 Å². The Kier molecular flexibility index (Phi) is 3.24. The lowest BCUT2D eigenvalue weighted by atomic mass is 10.3. The Morgan fingerprint density at radius 3 is 2.30 bits per heavy atom. The fourth-order valence-corrected chi connectivity index (χ4v) is 5.80. The number of hydrogen-bond acceptors (Lipinski definition) is 3. The summed E-state index contributed by atoms with van der Waals surface area (Å²) in [6.45, 7) is 0. The maximum Gasteiger partial charge on any atom is 0.178 e. The van der Waals surface area contributed by atoms with Crippen LogP contribution in [0.25, 0.3) is 0 Å². The maximum absolute atomic E-state index is 14.2. The topological polar surface area (TPSA) is 35.5 Å². The van der Waals surface area contributed by atoms with Crippen LogP contribution in [0.15, 0.2) is 72.8 Å². The third-order valence-electron chi connectivity index (χ3n) is 4.05. The molecular weight excluding hydrogens is 307 g/mol. The number of benzene rings is 3. The minimum absolute atomic E-state index is 0.622. The zero-order valence-electron chi connectivity index (χ0n) is 12.6. The highest BCUT2D eigenvalue weighted by Crippen LogP contribution is 2.51. The van der Waals surface area contributed by atoms with Crippen molar-refractivity contribution in [1.82, 2.24) is 0 Å². The van der Waals surface area contributed by atoms with E-state index >= 15 is 0 Å². The highest BCUT2D eigenvalue weighted by molar-refractivity contribution is 7.85. The van der Waals surface area contributed by atoms with Gasteiger partial charge in [-0.25, -0.2) is 0 Å². The van der Waals surface area contributed by atoms with E-state index in [1.165, 1.54) is 0 Å². The molecule has 0 aromatic heterocycles. The zero-order chi connectivity index (χ0) is 15.9. The van der Waals surface area contributed by atoms with Gasteiger partial charge in [0, 0.05) is 5.30 Å². The summed E-state index contributed by atoms with van der Waals surface area (Å²) in [6, 6.07) is 22.5. The van der Waals surface area contributed by atoms with Gasteiger partial charge in [0.15, 0.2) is 7.14 Å². The third kappa shape index (κ3) is 2.08. The molecule has 1 aliphatic heterocycles. The maximum atomic E-state index is 14.2. The van der Waals surface area contributed by atoms with Crippen molar-refractivity contribution >= 4 is 23.1 Å². The molecule has 0 radical (unpaired) electrons. The third-order valence-corrected chi connectivity index (χ3v) is 7.15. The summed E-state index contributed by atoms with van der Waals surface area (Å²) in [6.07, 6.45) is 0. The van der Waals surface area contributed by atoms with Crippen molar-refractivity contribution in [2.45, 2.75) is 0 Å². The number of methoxy groups -OCH3 is 1. The van der Waals surface area contributed by atoms with E-state index in [0.29, 0.717) is 22.6 Å².